The molecule has 0 bridgehead atoms. The summed E-state index contributed by atoms with van der Waals surface area (Å²) in [5.41, 5.74) is 0.182. The second-order valence-corrected chi connectivity index (χ2v) is 6.17. The number of ether oxygens (including phenoxy) is 2. The van der Waals surface area contributed by atoms with Crippen molar-refractivity contribution in [3.05, 3.63) is 18.2 Å². The molecule has 1 aliphatic rings. The molecule has 2 rings (SSSR count). The fourth-order valence-electron chi connectivity index (χ4n) is 2.95. The number of nitrogens with one attached hydrogen (secondary N) is 2. The van der Waals surface area contributed by atoms with Gasteiger partial charge >= 0.3 is 0 Å². The molecule has 1 saturated carbocycles. The Kier molecular flexibility index (Phi) is 6.73. The van der Waals surface area contributed by atoms with E-state index in [4.69, 9.17) is 9.47 Å². The fraction of sp³-hybridized carbons (Fsp3) is 0.611. The molecule has 0 heterocycles. The molecular weight excluding hydrogens is 306 g/mol. The summed E-state index contributed by atoms with van der Waals surface area (Å²) < 4.78 is 10.6. The van der Waals surface area contributed by atoms with Gasteiger partial charge in [-0.2, -0.15) is 0 Å². The van der Waals surface area contributed by atoms with E-state index in [0.717, 1.165) is 37.9 Å². The highest BCUT2D eigenvalue weighted by Gasteiger charge is 2.28. The van der Waals surface area contributed by atoms with Crippen molar-refractivity contribution in [2.24, 2.45) is 4.99 Å². The van der Waals surface area contributed by atoms with E-state index in [0.29, 0.717) is 24.0 Å². The molecule has 24 heavy (non-hydrogen) atoms. The largest absolute Gasteiger partial charge is 0.493 e. The normalized spacial score (nSPS) is 17.2. The minimum Gasteiger partial charge on any atom is -0.493 e. The molecule has 0 saturated heterocycles. The Morgan fingerprint density at radius 3 is 2.50 bits per heavy atom. The Morgan fingerprint density at radius 1 is 1.17 bits per heavy atom. The first-order chi connectivity index (χ1) is 11.6. The molecule has 0 unspecified atom stereocenters. The third kappa shape index (κ3) is 5.03. The number of anilines is 1. The van der Waals surface area contributed by atoms with Gasteiger partial charge in [0.15, 0.2) is 17.5 Å². The summed E-state index contributed by atoms with van der Waals surface area (Å²) in [4.78, 5) is 4.57. The number of rotatable bonds is 6. The number of benzene rings is 1. The molecule has 0 spiro atoms. The molecule has 0 amide bonds. The zero-order valence-electron chi connectivity index (χ0n) is 14.9. The van der Waals surface area contributed by atoms with Crippen molar-refractivity contribution in [1.29, 1.82) is 0 Å². The summed E-state index contributed by atoms with van der Waals surface area (Å²) in [6, 6.07) is 5.62. The van der Waals surface area contributed by atoms with Crippen molar-refractivity contribution in [3.8, 4) is 11.5 Å². The van der Waals surface area contributed by atoms with E-state index in [1.807, 2.05) is 25.1 Å². The van der Waals surface area contributed by atoms with Gasteiger partial charge in [-0.25, -0.2) is 0 Å². The number of methoxy groups -OCH3 is 2. The maximum atomic E-state index is 10.6. The highest BCUT2D eigenvalue weighted by Crippen LogP contribution is 2.30. The van der Waals surface area contributed by atoms with Crippen LogP contribution in [0, 0.1) is 0 Å². The lowest BCUT2D eigenvalue weighted by Crippen LogP contribution is -2.37. The van der Waals surface area contributed by atoms with Crippen LogP contribution in [0.5, 0.6) is 11.5 Å². The Morgan fingerprint density at radius 2 is 1.88 bits per heavy atom. The molecule has 1 fully saturated rings. The van der Waals surface area contributed by atoms with Gasteiger partial charge in [0.05, 0.1) is 26.4 Å². The highest BCUT2D eigenvalue weighted by molar-refractivity contribution is 5.94. The van der Waals surface area contributed by atoms with Crippen molar-refractivity contribution in [1.82, 2.24) is 5.32 Å². The molecule has 3 N–H and O–H groups in total. The van der Waals surface area contributed by atoms with Gasteiger partial charge in [-0.15, -0.1) is 0 Å². The van der Waals surface area contributed by atoms with Gasteiger partial charge in [-0.05, 0) is 31.9 Å². The fourth-order valence-corrected chi connectivity index (χ4v) is 2.95. The zero-order chi connectivity index (χ0) is 17.4. The van der Waals surface area contributed by atoms with Gasteiger partial charge in [-0.3, -0.25) is 4.99 Å². The average molecular weight is 335 g/mol. The second-order valence-electron chi connectivity index (χ2n) is 6.17. The summed E-state index contributed by atoms with van der Waals surface area (Å²) in [6.07, 6.45) is 5.01. The number of aliphatic imine (C=N–C) groups is 1. The van der Waals surface area contributed by atoms with Crippen LogP contribution in [-0.2, 0) is 0 Å². The first-order valence-electron chi connectivity index (χ1n) is 8.60. The Bertz CT molecular complexity index is 554. The lowest BCUT2D eigenvalue weighted by atomic mass is 9.85. The van der Waals surface area contributed by atoms with Gasteiger partial charge in [0.1, 0.15) is 0 Å². The number of hydrogen-bond acceptors (Lipinski definition) is 4. The molecule has 1 aromatic carbocycles. The predicted octanol–water partition coefficient (Wildman–Crippen LogP) is 2.78. The maximum Gasteiger partial charge on any atom is 0.195 e. The van der Waals surface area contributed by atoms with Crippen molar-refractivity contribution in [3.63, 3.8) is 0 Å². The molecule has 1 aromatic rings. The highest BCUT2D eigenvalue weighted by atomic mass is 16.5. The minimum atomic E-state index is -0.668. The quantitative estimate of drug-likeness (QED) is 0.550. The maximum absolute atomic E-state index is 10.6. The SMILES string of the molecule is CCNC(=NCC1(O)CCCCC1)Nc1ccc(OC)c(OC)c1. The average Bonchev–Trinajstić information content (AvgIpc) is 2.60. The van der Waals surface area contributed by atoms with Crippen LogP contribution >= 0.6 is 0 Å². The standard InChI is InChI=1S/C18H29N3O3/c1-4-19-17(20-13-18(22)10-6-5-7-11-18)21-14-8-9-15(23-2)16(12-14)24-3/h8-9,12,22H,4-7,10-11,13H2,1-3H3,(H2,19,20,21). The number of hydrogen-bond donors (Lipinski definition) is 3. The van der Waals surface area contributed by atoms with Crippen molar-refractivity contribution in [2.75, 3.05) is 32.6 Å². The number of nitrogens with zero attached hydrogens (tertiary/aromatic N) is 1. The molecular formula is C18H29N3O3. The Hall–Kier alpha value is -1.95. The van der Waals surface area contributed by atoms with Crippen LogP contribution in [0.2, 0.25) is 0 Å². The van der Waals surface area contributed by atoms with Crippen LogP contribution in [0.15, 0.2) is 23.2 Å². The van der Waals surface area contributed by atoms with Gasteiger partial charge in [0.25, 0.3) is 0 Å². The second kappa shape index (κ2) is 8.78. The van der Waals surface area contributed by atoms with E-state index < -0.39 is 5.60 Å². The van der Waals surface area contributed by atoms with Crippen LogP contribution in [0.1, 0.15) is 39.0 Å². The van der Waals surface area contributed by atoms with Gasteiger partial charge in [0, 0.05) is 18.3 Å². The van der Waals surface area contributed by atoms with E-state index in [9.17, 15) is 5.11 Å². The first kappa shape index (κ1) is 18.4. The Balaban J connectivity index is 2.08. The third-order valence-corrected chi connectivity index (χ3v) is 4.31. The smallest absolute Gasteiger partial charge is 0.195 e. The molecule has 0 atom stereocenters. The zero-order valence-corrected chi connectivity index (χ0v) is 14.9. The minimum absolute atomic E-state index is 0.412. The lowest BCUT2D eigenvalue weighted by Gasteiger charge is -2.30. The summed E-state index contributed by atoms with van der Waals surface area (Å²) in [5, 5.41) is 17.1. The number of guanidine groups is 1. The van der Waals surface area contributed by atoms with E-state index in [1.165, 1.54) is 6.42 Å². The van der Waals surface area contributed by atoms with E-state index in [2.05, 4.69) is 15.6 Å². The van der Waals surface area contributed by atoms with Crippen molar-refractivity contribution < 1.29 is 14.6 Å². The third-order valence-electron chi connectivity index (χ3n) is 4.31. The topological polar surface area (TPSA) is 75.1 Å². The van der Waals surface area contributed by atoms with Crippen molar-refractivity contribution in [2.45, 2.75) is 44.6 Å². The summed E-state index contributed by atoms with van der Waals surface area (Å²) in [7, 11) is 3.22. The molecule has 0 aliphatic heterocycles. The van der Waals surface area contributed by atoms with E-state index >= 15 is 0 Å². The summed E-state index contributed by atoms with van der Waals surface area (Å²) in [5.74, 6) is 1.99. The van der Waals surface area contributed by atoms with E-state index in [1.54, 1.807) is 14.2 Å². The molecule has 134 valence electrons. The molecule has 6 nitrogen and oxygen atoms in total. The monoisotopic (exact) mass is 335 g/mol. The predicted molar refractivity (Wildman–Crippen MR) is 97.2 cm³/mol. The van der Waals surface area contributed by atoms with Gasteiger partial charge < -0.3 is 25.2 Å². The molecule has 6 heteroatoms. The summed E-state index contributed by atoms with van der Waals surface area (Å²) >= 11 is 0. The summed E-state index contributed by atoms with van der Waals surface area (Å²) in [6.45, 7) is 3.17. The van der Waals surface area contributed by atoms with Crippen LogP contribution in [0.25, 0.3) is 0 Å². The van der Waals surface area contributed by atoms with Crippen molar-refractivity contribution >= 4 is 11.6 Å². The van der Waals surface area contributed by atoms with Gasteiger partial charge in [0.2, 0.25) is 0 Å². The molecule has 0 radical (unpaired) electrons. The van der Waals surface area contributed by atoms with Crippen LogP contribution in [0.4, 0.5) is 5.69 Å². The van der Waals surface area contributed by atoms with E-state index in [-0.39, 0.29) is 0 Å². The Labute approximate surface area is 144 Å². The first-order valence-corrected chi connectivity index (χ1v) is 8.60. The molecule has 0 aromatic heterocycles. The van der Waals surface area contributed by atoms with Crippen LogP contribution in [-0.4, -0.2) is 44.0 Å². The molecule has 1 aliphatic carbocycles. The number of aliphatic hydroxyl groups is 1. The van der Waals surface area contributed by atoms with Gasteiger partial charge in [-0.1, -0.05) is 19.3 Å². The van der Waals surface area contributed by atoms with Crippen LogP contribution in [0.3, 0.4) is 0 Å². The van der Waals surface area contributed by atoms with Crippen LogP contribution < -0.4 is 20.1 Å². The lowest BCUT2D eigenvalue weighted by molar-refractivity contribution is 0.0132.